The van der Waals surface area contributed by atoms with Crippen molar-refractivity contribution >= 4 is 54.6 Å². The van der Waals surface area contributed by atoms with Gasteiger partial charge in [-0.1, -0.05) is 133 Å². The first-order chi connectivity index (χ1) is 26.7. The molecule has 11 rings (SSSR count). The topological polar surface area (TPSA) is 65.0 Å². The van der Waals surface area contributed by atoms with Crippen LogP contribution in [0.15, 0.2) is 185 Å². The summed E-state index contributed by atoms with van der Waals surface area (Å²) in [5.74, 6) is 1.65. The minimum absolute atomic E-state index is 0.533. The third kappa shape index (κ3) is 4.98. The lowest BCUT2D eigenvalue weighted by Gasteiger charge is -2.11. The van der Waals surface area contributed by atoms with Gasteiger partial charge in [-0.2, -0.15) is 0 Å². The summed E-state index contributed by atoms with van der Waals surface area (Å²) < 4.78 is 13.0. The third-order valence-corrected chi connectivity index (χ3v) is 10.3. The van der Waals surface area contributed by atoms with Crippen molar-refractivity contribution in [3.8, 4) is 56.4 Å². The molecule has 5 nitrogen and oxygen atoms in total. The van der Waals surface area contributed by atoms with E-state index < -0.39 is 0 Å². The summed E-state index contributed by atoms with van der Waals surface area (Å²) in [6.07, 6.45) is 0. The summed E-state index contributed by atoms with van der Waals surface area (Å²) in [7, 11) is 0. The van der Waals surface area contributed by atoms with E-state index in [1.807, 2.05) is 54.6 Å². The predicted octanol–water partition coefficient (Wildman–Crippen LogP) is 13.2. The van der Waals surface area contributed by atoms with Crippen LogP contribution in [0.5, 0.6) is 0 Å². The fourth-order valence-electron chi connectivity index (χ4n) is 7.70. The first-order valence-electron chi connectivity index (χ1n) is 18.0. The van der Waals surface area contributed by atoms with Gasteiger partial charge in [0.05, 0.1) is 5.56 Å². The van der Waals surface area contributed by atoms with Crippen LogP contribution < -0.4 is 0 Å². The van der Waals surface area contributed by atoms with Gasteiger partial charge < -0.3 is 8.83 Å². The molecule has 11 aromatic rings. The van der Waals surface area contributed by atoms with Crippen molar-refractivity contribution < 1.29 is 8.83 Å². The molecule has 0 aliphatic rings. The van der Waals surface area contributed by atoms with Crippen LogP contribution in [-0.2, 0) is 0 Å². The number of aromatic nitrogens is 3. The van der Waals surface area contributed by atoms with Gasteiger partial charge in [-0.15, -0.1) is 0 Å². The Balaban J connectivity index is 1.15. The van der Waals surface area contributed by atoms with Gasteiger partial charge in [-0.3, -0.25) is 0 Å². The standard InChI is InChI=1S/C49H29N3O2/c1-3-12-30(13-4-1)32-22-23-34-27-35(25-24-33(34)26-32)47-50-48(52-49(51-47)40-19-11-18-38-37-16-7-9-20-42(37)54-46(38)40)36-28-41(31-14-5-2-6-15-31)45-39-17-8-10-21-43(39)53-44(45)29-36/h1-29H. The fourth-order valence-corrected chi connectivity index (χ4v) is 7.70. The Hall–Kier alpha value is -7.37. The molecule has 54 heavy (non-hydrogen) atoms. The number of fused-ring (bicyclic) bond motifs is 7. The van der Waals surface area contributed by atoms with Crippen LogP contribution in [0.25, 0.3) is 111 Å². The minimum atomic E-state index is 0.533. The third-order valence-electron chi connectivity index (χ3n) is 10.3. The van der Waals surface area contributed by atoms with Crippen molar-refractivity contribution in [2.75, 3.05) is 0 Å². The van der Waals surface area contributed by atoms with Crippen LogP contribution in [0.4, 0.5) is 0 Å². The molecule has 3 aromatic heterocycles. The molecular weight excluding hydrogens is 663 g/mol. The predicted molar refractivity (Wildman–Crippen MR) is 219 cm³/mol. The molecule has 0 saturated heterocycles. The van der Waals surface area contributed by atoms with Crippen molar-refractivity contribution in [1.82, 2.24) is 15.0 Å². The lowest BCUT2D eigenvalue weighted by molar-refractivity contribution is 0.668. The number of hydrogen-bond donors (Lipinski definition) is 0. The van der Waals surface area contributed by atoms with E-state index in [0.29, 0.717) is 17.5 Å². The van der Waals surface area contributed by atoms with Gasteiger partial charge in [0.1, 0.15) is 22.3 Å². The Kier molecular flexibility index (Phi) is 6.79. The van der Waals surface area contributed by atoms with E-state index in [1.54, 1.807) is 0 Å². The molecule has 0 bridgehead atoms. The minimum Gasteiger partial charge on any atom is -0.456 e. The van der Waals surface area contributed by atoms with E-state index in [-0.39, 0.29) is 0 Å². The van der Waals surface area contributed by atoms with Crippen molar-refractivity contribution in [1.29, 1.82) is 0 Å². The lowest BCUT2D eigenvalue weighted by Crippen LogP contribution is -2.00. The highest BCUT2D eigenvalue weighted by atomic mass is 16.3. The second kappa shape index (κ2) is 12.1. The van der Waals surface area contributed by atoms with Gasteiger partial charge in [-0.25, -0.2) is 15.0 Å². The molecule has 0 saturated carbocycles. The molecule has 0 aliphatic carbocycles. The fraction of sp³-hybridized carbons (Fsp3) is 0. The van der Waals surface area contributed by atoms with Crippen LogP contribution in [0.2, 0.25) is 0 Å². The summed E-state index contributed by atoms with van der Waals surface area (Å²) in [5, 5.41) is 6.44. The highest BCUT2D eigenvalue weighted by Gasteiger charge is 2.20. The van der Waals surface area contributed by atoms with E-state index in [0.717, 1.165) is 82.5 Å². The largest absolute Gasteiger partial charge is 0.456 e. The molecule has 5 heteroatoms. The number of rotatable bonds is 5. The molecule has 0 aliphatic heterocycles. The molecule has 0 amide bonds. The zero-order chi connectivity index (χ0) is 35.6. The molecule has 0 N–H and O–H groups in total. The summed E-state index contributed by atoms with van der Waals surface area (Å²) >= 11 is 0. The van der Waals surface area contributed by atoms with E-state index in [1.165, 1.54) is 11.1 Å². The van der Waals surface area contributed by atoms with E-state index >= 15 is 0 Å². The summed E-state index contributed by atoms with van der Waals surface area (Å²) in [5.41, 5.74) is 10.2. The molecule has 252 valence electrons. The van der Waals surface area contributed by atoms with Crippen LogP contribution in [0, 0.1) is 0 Å². The molecule has 0 radical (unpaired) electrons. The van der Waals surface area contributed by atoms with Crippen LogP contribution in [-0.4, -0.2) is 15.0 Å². The summed E-state index contributed by atoms with van der Waals surface area (Å²) in [6, 6.07) is 60.5. The Morgan fingerprint density at radius 2 is 0.907 bits per heavy atom. The molecule has 3 heterocycles. The average Bonchev–Trinajstić information content (AvgIpc) is 3.82. The number of nitrogens with zero attached hydrogens (tertiary/aromatic N) is 3. The Morgan fingerprint density at radius 3 is 1.69 bits per heavy atom. The monoisotopic (exact) mass is 691 g/mol. The lowest BCUT2D eigenvalue weighted by atomic mass is 9.96. The van der Waals surface area contributed by atoms with E-state index in [4.69, 9.17) is 23.8 Å². The van der Waals surface area contributed by atoms with Crippen molar-refractivity contribution in [3.05, 3.63) is 176 Å². The Labute approximate surface area is 309 Å². The van der Waals surface area contributed by atoms with E-state index in [2.05, 4.69) is 121 Å². The first-order valence-corrected chi connectivity index (χ1v) is 18.0. The maximum Gasteiger partial charge on any atom is 0.167 e. The molecule has 0 fully saturated rings. The van der Waals surface area contributed by atoms with Gasteiger partial charge in [-0.05, 0) is 75.5 Å². The molecule has 0 atom stereocenters. The second-order valence-electron chi connectivity index (χ2n) is 13.6. The normalized spacial score (nSPS) is 11.7. The maximum atomic E-state index is 6.50. The zero-order valence-corrected chi connectivity index (χ0v) is 28.9. The molecular formula is C49H29N3O2. The quantitative estimate of drug-likeness (QED) is 0.180. The maximum absolute atomic E-state index is 6.50. The number of hydrogen-bond acceptors (Lipinski definition) is 5. The first kappa shape index (κ1) is 30.3. The van der Waals surface area contributed by atoms with Gasteiger partial charge >= 0.3 is 0 Å². The molecule has 8 aromatic carbocycles. The van der Waals surface area contributed by atoms with Gasteiger partial charge in [0.25, 0.3) is 0 Å². The van der Waals surface area contributed by atoms with Crippen LogP contribution >= 0.6 is 0 Å². The van der Waals surface area contributed by atoms with Crippen molar-refractivity contribution in [2.24, 2.45) is 0 Å². The number of benzene rings is 8. The summed E-state index contributed by atoms with van der Waals surface area (Å²) in [6.45, 7) is 0. The zero-order valence-electron chi connectivity index (χ0n) is 28.9. The number of furan rings is 2. The van der Waals surface area contributed by atoms with Crippen molar-refractivity contribution in [3.63, 3.8) is 0 Å². The second-order valence-corrected chi connectivity index (χ2v) is 13.6. The SMILES string of the molecule is c1ccc(-c2ccc3cc(-c4nc(-c5cc(-c6ccccc6)c6c(c5)oc5ccccc56)nc(-c5cccc6c5oc5ccccc56)n4)ccc3c2)cc1. The molecule has 0 unspecified atom stereocenters. The highest BCUT2D eigenvalue weighted by Crippen LogP contribution is 2.41. The Morgan fingerprint density at radius 1 is 0.315 bits per heavy atom. The highest BCUT2D eigenvalue weighted by molar-refractivity contribution is 6.14. The number of para-hydroxylation sites is 3. The average molecular weight is 692 g/mol. The Bertz CT molecular complexity index is 3220. The van der Waals surface area contributed by atoms with Gasteiger partial charge in [0.15, 0.2) is 17.5 Å². The van der Waals surface area contributed by atoms with Crippen molar-refractivity contribution in [2.45, 2.75) is 0 Å². The summed E-state index contributed by atoms with van der Waals surface area (Å²) in [4.78, 5) is 15.6. The van der Waals surface area contributed by atoms with Gasteiger partial charge in [0, 0.05) is 32.7 Å². The van der Waals surface area contributed by atoms with Gasteiger partial charge in [0.2, 0.25) is 0 Å². The smallest absolute Gasteiger partial charge is 0.167 e. The molecule has 0 spiro atoms. The van der Waals surface area contributed by atoms with E-state index in [9.17, 15) is 0 Å². The van der Waals surface area contributed by atoms with Crippen LogP contribution in [0.3, 0.4) is 0 Å². The van der Waals surface area contributed by atoms with Crippen LogP contribution in [0.1, 0.15) is 0 Å².